The number of nitrogens with zero attached hydrogens (tertiary/aromatic N) is 2. The summed E-state index contributed by atoms with van der Waals surface area (Å²) in [5.74, 6) is -0.159. The van der Waals surface area contributed by atoms with E-state index in [9.17, 15) is 4.79 Å². The second kappa shape index (κ2) is 5.83. The lowest BCUT2D eigenvalue weighted by molar-refractivity contribution is 0.0990. The third kappa shape index (κ3) is 2.99. The molecule has 1 amide bonds. The largest absolute Gasteiger partial charge is 0.295 e. The Morgan fingerprint density at radius 1 is 1.16 bits per heavy atom. The first kappa shape index (κ1) is 12.8. The van der Waals surface area contributed by atoms with Crippen LogP contribution in [0.1, 0.15) is 15.9 Å². The van der Waals surface area contributed by atoms with Gasteiger partial charge in [-0.1, -0.05) is 30.3 Å². The Hall–Kier alpha value is -2.60. The van der Waals surface area contributed by atoms with Crippen molar-refractivity contribution in [2.75, 3.05) is 11.4 Å². The van der Waals surface area contributed by atoms with E-state index in [0.29, 0.717) is 5.56 Å². The molecule has 0 heterocycles. The minimum Gasteiger partial charge on any atom is -0.295 e. The van der Waals surface area contributed by atoms with E-state index in [-0.39, 0.29) is 12.5 Å². The van der Waals surface area contributed by atoms with E-state index < -0.39 is 0 Å². The molecule has 0 saturated carbocycles. The van der Waals surface area contributed by atoms with Gasteiger partial charge in [-0.15, -0.1) is 0 Å². The minimum absolute atomic E-state index is 0.0389. The highest BCUT2D eigenvalue weighted by Gasteiger charge is 2.16. The van der Waals surface area contributed by atoms with Crippen molar-refractivity contribution in [2.24, 2.45) is 0 Å². The standard InChI is InChI=1S/C16H14N2O/c1-13-6-5-9-15(12-13)18(11-10-17)16(19)14-7-3-2-4-8-14/h2-9,12H,11H2,1H3. The Labute approximate surface area is 112 Å². The zero-order valence-corrected chi connectivity index (χ0v) is 10.7. The second-order valence-electron chi connectivity index (χ2n) is 4.25. The van der Waals surface area contributed by atoms with E-state index in [1.807, 2.05) is 55.5 Å². The van der Waals surface area contributed by atoms with Gasteiger partial charge in [-0.05, 0) is 36.8 Å². The van der Waals surface area contributed by atoms with E-state index >= 15 is 0 Å². The molecule has 0 aromatic heterocycles. The summed E-state index contributed by atoms with van der Waals surface area (Å²) < 4.78 is 0. The van der Waals surface area contributed by atoms with E-state index in [2.05, 4.69) is 0 Å². The summed E-state index contributed by atoms with van der Waals surface area (Å²) in [6.45, 7) is 2.00. The van der Waals surface area contributed by atoms with Crippen molar-refractivity contribution in [1.29, 1.82) is 5.26 Å². The molecule has 0 atom stereocenters. The van der Waals surface area contributed by atoms with Crippen LogP contribution in [0.3, 0.4) is 0 Å². The molecule has 2 aromatic carbocycles. The van der Waals surface area contributed by atoms with Crippen LogP contribution in [0.5, 0.6) is 0 Å². The van der Waals surface area contributed by atoms with Gasteiger partial charge in [-0.25, -0.2) is 0 Å². The number of carbonyl (C=O) groups excluding carboxylic acids is 1. The minimum atomic E-state index is -0.159. The average molecular weight is 250 g/mol. The van der Waals surface area contributed by atoms with Gasteiger partial charge in [0.15, 0.2) is 0 Å². The molecule has 0 spiro atoms. The van der Waals surface area contributed by atoms with Crippen LogP contribution in [0, 0.1) is 18.3 Å². The number of nitriles is 1. The third-order valence-electron chi connectivity index (χ3n) is 2.81. The number of anilines is 1. The maximum atomic E-state index is 12.4. The lowest BCUT2D eigenvalue weighted by atomic mass is 10.1. The van der Waals surface area contributed by atoms with Crippen LogP contribution in [-0.4, -0.2) is 12.5 Å². The first-order valence-corrected chi connectivity index (χ1v) is 6.03. The molecule has 3 nitrogen and oxygen atoms in total. The molecule has 0 aliphatic rings. The number of aryl methyl sites for hydroxylation is 1. The van der Waals surface area contributed by atoms with Crippen LogP contribution in [0.25, 0.3) is 0 Å². The first-order valence-electron chi connectivity index (χ1n) is 6.03. The summed E-state index contributed by atoms with van der Waals surface area (Å²) in [6, 6.07) is 18.6. The normalized spacial score (nSPS) is 9.68. The fourth-order valence-electron chi connectivity index (χ4n) is 1.88. The predicted molar refractivity (Wildman–Crippen MR) is 74.9 cm³/mol. The van der Waals surface area contributed by atoms with Gasteiger partial charge in [0.25, 0.3) is 5.91 Å². The van der Waals surface area contributed by atoms with Crippen molar-refractivity contribution in [1.82, 2.24) is 0 Å². The zero-order chi connectivity index (χ0) is 13.7. The number of hydrogen-bond acceptors (Lipinski definition) is 2. The maximum Gasteiger partial charge on any atom is 0.259 e. The van der Waals surface area contributed by atoms with Crippen LogP contribution in [0.2, 0.25) is 0 Å². The lowest BCUT2D eigenvalue weighted by Gasteiger charge is -2.20. The number of amides is 1. The van der Waals surface area contributed by atoms with Gasteiger partial charge in [0, 0.05) is 11.3 Å². The fourth-order valence-corrected chi connectivity index (χ4v) is 1.88. The molecule has 0 N–H and O–H groups in total. The number of carbonyl (C=O) groups is 1. The van der Waals surface area contributed by atoms with Gasteiger partial charge in [-0.3, -0.25) is 9.69 Å². The summed E-state index contributed by atoms with van der Waals surface area (Å²) in [7, 11) is 0. The van der Waals surface area contributed by atoms with Crippen molar-refractivity contribution in [3.63, 3.8) is 0 Å². The number of benzene rings is 2. The molecule has 0 fully saturated rings. The van der Waals surface area contributed by atoms with Crippen LogP contribution in [-0.2, 0) is 0 Å². The van der Waals surface area contributed by atoms with Crippen molar-refractivity contribution in [3.05, 3.63) is 65.7 Å². The summed E-state index contributed by atoms with van der Waals surface area (Å²) in [5, 5.41) is 8.92. The van der Waals surface area contributed by atoms with Crippen molar-refractivity contribution in [3.8, 4) is 6.07 Å². The molecule has 0 unspecified atom stereocenters. The fraction of sp³-hybridized carbons (Fsp3) is 0.125. The summed E-state index contributed by atoms with van der Waals surface area (Å²) >= 11 is 0. The van der Waals surface area contributed by atoms with Gasteiger partial charge in [0.2, 0.25) is 0 Å². The molecule has 2 rings (SSSR count). The first-order chi connectivity index (χ1) is 9.22. The average Bonchev–Trinajstić information content (AvgIpc) is 2.45. The molecule has 3 heteroatoms. The summed E-state index contributed by atoms with van der Waals surface area (Å²) in [5.41, 5.74) is 2.39. The Morgan fingerprint density at radius 2 is 1.89 bits per heavy atom. The molecule has 0 radical (unpaired) electrons. The van der Waals surface area contributed by atoms with Gasteiger partial charge in [-0.2, -0.15) is 5.26 Å². The van der Waals surface area contributed by atoms with Gasteiger partial charge in [0.05, 0.1) is 6.07 Å². The predicted octanol–water partition coefficient (Wildman–Crippen LogP) is 3.17. The Morgan fingerprint density at radius 3 is 2.53 bits per heavy atom. The lowest BCUT2D eigenvalue weighted by Crippen LogP contribution is -2.31. The van der Waals surface area contributed by atoms with Crippen LogP contribution in [0.15, 0.2) is 54.6 Å². The quantitative estimate of drug-likeness (QED) is 0.785. The topological polar surface area (TPSA) is 44.1 Å². The van der Waals surface area contributed by atoms with Gasteiger partial charge in [0.1, 0.15) is 6.54 Å². The Bertz CT molecular complexity index is 614. The van der Waals surface area contributed by atoms with E-state index in [0.717, 1.165) is 11.3 Å². The molecule has 2 aromatic rings. The number of hydrogen-bond donors (Lipinski definition) is 0. The zero-order valence-electron chi connectivity index (χ0n) is 10.7. The number of rotatable bonds is 3. The van der Waals surface area contributed by atoms with Gasteiger partial charge < -0.3 is 0 Å². The van der Waals surface area contributed by atoms with E-state index in [4.69, 9.17) is 5.26 Å². The highest BCUT2D eigenvalue weighted by Crippen LogP contribution is 2.18. The molecule has 0 aliphatic carbocycles. The highest BCUT2D eigenvalue weighted by molar-refractivity contribution is 6.06. The van der Waals surface area contributed by atoms with Crippen LogP contribution in [0.4, 0.5) is 5.69 Å². The molecule has 0 aliphatic heterocycles. The van der Waals surface area contributed by atoms with Crippen LogP contribution >= 0.6 is 0 Å². The smallest absolute Gasteiger partial charge is 0.259 e. The molecule has 0 saturated heterocycles. The Kier molecular flexibility index (Phi) is 3.94. The molecule has 94 valence electrons. The van der Waals surface area contributed by atoms with E-state index in [1.165, 1.54) is 4.90 Å². The second-order valence-corrected chi connectivity index (χ2v) is 4.25. The van der Waals surface area contributed by atoms with Gasteiger partial charge >= 0.3 is 0 Å². The summed E-state index contributed by atoms with van der Waals surface area (Å²) in [4.78, 5) is 13.9. The molecule has 0 bridgehead atoms. The summed E-state index contributed by atoms with van der Waals surface area (Å²) in [6.07, 6.45) is 0. The molecular formula is C16H14N2O. The van der Waals surface area contributed by atoms with Crippen LogP contribution < -0.4 is 4.90 Å². The van der Waals surface area contributed by atoms with Crippen molar-refractivity contribution < 1.29 is 4.79 Å². The molecule has 19 heavy (non-hydrogen) atoms. The van der Waals surface area contributed by atoms with Crippen molar-refractivity contribution >= 4 is 11.6 Å². The SMILES string of the molecule is Cc1cccc(N(CC#N)C(=O)c2ccccc2)c1. The Balaban J connectivity index is 2.36. The highest BCUT2D eigenvalue weighted by atomic mass is 16.2. The molecular weight excluding hydrogens is 236 g/mol. The maximum absolute atomic E-state index is 12.4. The van der Waals surface area contributed by atoms with Crippen molar-refractivity contribution in [2.45, 2.75) is 6.92 Å². The monoisotopic (exact) mass is 250 g/mol. The third-order valence-corrected chi connectivity index (χ3v) is 2.81. The van der Waals surface area contributed by atoms with E-state index in [1.54, 1.807) is 12.1 Å².